The normalized spacial score (nSPS) is 12.6. The Balaban J connectivity index is 2.14. The van der Waals surface area contributed by atoms with E-state index >= 15 is 0 Å². The summed E-state index contributed by atoms with van der Waals surface area (Å²) in [6.45, 7) is 6.71. The minimum Gasteiger partial charge on any atom is -0.384 e. The lowest BCUT2D eigenvalue weighted by Gasteiger charge is -2.14. The van der Waals surface area contributed by atoms with Crippen LogP contribution in [0, 0.1) is 5.92 Å². The number of nitrogens with zero attached hydrogens (tertiary/aromatic N) is 3. The van der Waals surface area contributed by atoms with E-state index in [0.29, 0.717) is 5.92 Å². The smallest absolute Gasteiger partial charge is 0.180 e. The van der Waals surface area contributed by atoms with Gasteiger partial charge in [0.2, 0.25) is 0 Å². The zero-order chi connectivity index (χ0) is 14.4. The van der Waals surface area contributed by atoms with Crippen molar-refractivity contribution in [1.82, 2.24) is 14.4 Å². The summed E-state index contributed by atoms with van der Waals surface area (Å²) >= 11 is 0. The average Bonchev–Trinajstić information content (AvgIpc) is 2.91. The molecule has 2 heterocycles. The Morgan fingerprint density at radius 3 is 3.00 bits per heavy atom. The van der Waals surface area contributed by atoms with Crippen LogP contribution in [0.3, 0.4) is 0 Å². The lowest BCUT2D eigenvalue weighted by Crippen LogP contribution is -2.17. The van der Waals surface area contributed by atoms with Crippen LogP contribution in [-0.2, 0) is 4.74 Å². The molecular formula is C14H23N5O. The van der Waals surface area contributed by atoms with Crippen LogP contribution in [0.15, 0.2) is 18.6 Å². The molecule has 2 aromatic heterocycles. The Hall–Kier alpha value is -1.82. The monoisotopic (exact) mass is 277 g/mol. The van der Waals surface area contributed by atoms with E-state index in [1.807, 2.05) is 16.8 Å². The van der Waals surface area contributed by atoms with E-state index in [9.17, 15) is 0 Å². The lowest BCUT2D eigenvalue weighted by molar-refractivity contribution is 0.164. The van der Waals surface area contributed by atoms with Gasteiger partial charge in [0.25, 0.3) is 0 Å². The molecule has 20 heavy (non-hydrogen) atoms. The summed E-state index contributed by atoms with van der Waals surface area (Å²) in [4.78, 5) is 8.94. The fourth-order valence-corrected chi connectivity index (χ4v) is 2.00. The molecule has 0 radical (unpaired) electrons. The molecular weight excluding hydrogens is 254 g/mol. The maximum atomic E-state index is 5.15. The second kappa shape index (κ2) is 7.09. The molecule has 0 saturated carbocycles. The Kier molecular flexibility index (Phi) is 5.17. The van der Waals surface area contributed by atoms with Crippen molar-refractivity contribution < 1.29 is 4.74 Å². The molecule has 0 aliphatic heterocycles. The van der Waals surface area contributed by atoms with Crippen molar-refractivity contribution in [3.8, 4) is 0 Å². The molecule has 1 unspecified atom stereocenters. The first-order chi connectivity index (χ1) is 9.74. The van der Waals surface area contributed by atoms with E-state index in [1.165, 1.54) is 0 Å². The highest BCUT2D eigenvalue weighted by Crippen LogP contribution is 2.16. The Morgan fingerprint density at radius 1 is 1.40 bits per heavy atom. The van der Waals surface area contributed by atoms with Gasteiger partial charge in [0.05, 0.1) is 12.8 Å². The van der Waals surface area contributed by atoms with Gasteiger partial charge in [-0.15, -0.1) is 0 Å². The molecule has 2 N–H and O–H groups in total. The van der Waals surface area contributed by atoms with Gasteiger partial charge in [-0.05, 0) is 12.3 Å². The summed E-state index contributed by atoms with van der Waals surface area (Å²) in [7, 11) is 1.72. The van der Waals surface area contributed by atoms with E-state index < -0.39 is 0 Å². The SMILES string of the molecule is CCCNc1cn2ccnc2c(NCC(C)COC)n1. The van der Waals surface area contributed by atoms with E-state index in [1.54, 1.807) is 13.3 Å². The molecule has 0 fully saturated rings. The highest BCUT2D eigenvalue weighted by Gasteiger charge is 2.09. The number of hydrogen-bond acceptors (Lipinski definition) is 5. The van der Waals surface area contributed by atoms with Crippen molar-refractivity contribution in [2.45, 2.75) is 20.3 Å². The molecule has 6 nitrogen and oxygen atoms in total. The third-order valence-corrected chi connectivity index (χ3v) is 3.00. The van der Waals surface area contributed by atoms with E-state index in [-0.39, 0.29) is 0 Å². The quantitative estimate of drug-likeness (QED) is 0.775. The maximum absolute atomic E-state index is 5.15. The maximum Gasteiger partial charge on any atom is 0.180 e. The predicted molar refractivity (Wildman–Crippen MR) is 81.3 cm³/mol. The molecule has 0 aromatic carbocycles. The summed E-state index contributed by atoms with van der Waals surface area (Å²) in [6, 6.07) is 0. The summed E-state index contributed by atoms with van der Waals surface area (Å²) in [5.41, 5.74) is 0.844. The van der Waals surface area contributed by atoms with Crippen LogP contribution in [0.4, 0.5) is 11.6 Å². The van der Waals surface area contributed by atoms with Crippen LogP contribution < -0.4 is 10.6 Å². The van der Waals surface area contributed by atoms with Crippen molar-refractivity contribution in [2.75, 3.05) is 37.4 Å². The summed E-state index contributed by atoms with van der Waals surface area (Å²) in [5.74, 6) is 2.09. The standard InChI is InChI=1S/C14H23N5O/c1-4-5-15-12-9-19-7-6-16-14(19)13(18-12)17-8-11(2)10-20-3/h6-7,9,11,15H,4-5,8,10H2,1-3H3,(H,17,18). The molecule has 0 amide bonds. The summed E-state index contributed by atoms with van der Waals surface area (Å²) < 4.78 is 7.13. The van der Waals surface area contributed by atoms with Crippen molar-refractivity contribution in [3.05, 3.63) is 18.6 Å². The molecule has 0 saturated heterocycles. The molecule has 2 rings (SSSR count). The number of rotatable bonds is 8. The van der Waals surface area contributed by atoms with Gasteiger partial charge < -0.3 is 19.8 Å². The first-order valence-electron chi connectivity index (χ1n) is 7.05. The highest BCUT2D eigenvalue weighted by molar-refractivity contribution is 5.65. The number of anilines is 2. The summed E-state index contributed by atoms with van der Waals surface area (Å²) in [5, 5.41) is 6.67. The number of fused-ring (bicyclic) bond motifs is 1. The number of imidazole rings is 1. The van der Waals surface area contributed by atoms with Crippen LogP contribution in [0.5, 0.6) is 0 Å². The number of ether oxygens (including phenoxy) is 1. The number of methoxy groups -OCH3 is 1. The highest BCUT2D eigenvalue weighted by atomic mass is 16.5. The zero-order valence-corrected chi connectivity index (χ0v) is 12.4. The molecule has 0 aliphatic rings. The average molecular weight is 277 g/mol. The van der Waals surface area contributed by atoms with Gasteiger partial charge in [-0.25, -0.2) is 9.97 Å². The van der Waals surface area contributed by atoms with E-state index in [2.05, 4.69) is 34.4 Å². The van der Waals surface area contributed by atoms with Crippen LogP contribution >= 0.6 is 0 Å². The van der Waals surface area contributed by atoms with Gasteiger partial charge in [0.15, 0.2) is 11.5 Å². The predicted octanol–water partition coefficient (Wildman–Crippen LogP) is 2.25. The van der Waals surface area contributed by atoms with Gasteiger partial charge in [-0.3, -0.25) is 0 Å². The van der Waals surface area contributed by atoms with Gasteiger partial charge in [-0.1, -0.05) is 13.8 Å². The van der Waals surface area contributed by atoms with Gasteiger partial charge in [-0.2, -0.15) is 0 Å². The second-order valence-electron chi connectivity index (χ2n) is 5.00. The minimum atomic E-state index is 0.420. The second-order valence-corrected chi connectivity index (χ2v) is 5.00. The van der Waals surface area contributed by atoms with Crippen LogP contribution in [0.1, 0.15) is 20.3 Å². The molecule has 0 bridgehead atoms. The topological polar surface area (TPSA) is 63.5 Å². The number of aromatic nitrogens is 3. The van der Waals surface area contributed by atoms with Crippen molar-refractivity contribution in [2.24, 2.45) is 5.92 Å². The summed E-state index contributed by atoms with van der Waals surface area (Å²) in [6.07, 6.45) is 6.74. The Bertz CT molecular complexity index is 539. The van der Waals surface area contributed by atoms with E-state index in [0.717, 1.165) is 43.4 Å². The van der Waals surface area contributed by atoms with Crippen LogP contribution in [0.25, 0.3) is 5.65 Å². The molecule has 6 heteroatoms. The van der Waals surface area contributed by atoms with Gasteiger partial charge in [0, 0.05) is 32.6 Å². The van der Waals surface area contributed by atoms with E-state index in [4.69, 9.17) is 4.74 Å². The third kappa shape index (κ3) is 3.60. The number of nitrogens with one attached hydrogen (secondary N) is 2. The molecule has 1 atom stereocenters. The lowest BCUT2D eigenvalue weighted by atomic mass is 10.2. The first kappa shape index (κ1) is 14.6. The fraction of sp³-hybridized carbons (Fsp3) is 0.571. The number of hydrogen-bond donors (Lipinski definition) is 2. The van der Waals surface area contributed by atoms with Gasteiger partial charge in [0.1, 0.15) is 5.82 Å². The van der Waals surface area contributed by atoms with Crippen LogP contribution in [-0.4, -0.2) is 41.2 Å². The minimum absolute atomic E-state index is 0.420. The van der Waals surface area contributed by atoms with Crippen molar-refractivity contribution in [1.29, 1.82) is 0 Å². The van der Waals surface area contributed by atoms with Crippen molar-refractivity contribution in [3.63, 3.8) is 0 Å². The zero-order valence-electron chi connectivity index (χ0n) is 12.4. The first-order valence-corrected chi connectivity index (χ1v) is 7.05. The van der Waals surface area contributed by atoms with Crippen molar-refractivity contribution >= 4 is 17.3 Å². The largest absolute Gasteiger partial charge is 0.384 e. The Labute approximate surface area is 119 Å². The molecule has 2 aromatic rings. The molecule has 0 aliphatic carbocycles. The third-order valence-electron chi connectivity index (χ3n) is 3.00. The van der Waals surface area contributed by atoms with Crippen LogP contribution in [0.2, 0.25) is 0 Å². The molecule has 0 spiro atoms. The Morgan fingerprint density at radius 2 is 2.25 bits per heavy atom. The fourth-order valence-electron chi connectivity index (χ4n) is 2.00. The van der Waals surface area contributed by atoms with Gasteiger partial charge >= 0.3 is 0 Å². The molecule has 110 valence electrons.